The van der Waals surface area contributed by atoms with E-state index in [0.29, 0.717) is 34.2 Å². The molecule has 8 nitrogen and oxygen atoms in total. The van der Waals surface area contributed by atoms with Crippen molar-refractivity contribution in [1.82, 2.24) is 29.7 Å². The highest BCUT2D eigenvalue weighted by atomic mass is 19.4. The zero-order valence-electron chi connectivity index (χ0n) is 21.3. The molecule has 0 bridgehead atoms. The van der Waals surface area contributed by atoms with Crippen molar-refractivity contribution >= 4 is 17.1 Å². The molecule has 1 aliphatic carbocycles. The SMILES string of the molecule is Cc1nc2nc(N3C[C@@H](c4cnn(C(F)F)c4)O[C@@H](C4CC4)C3)nc(-c3ccc(C(F)(F)F)cc3F)c2nc1C. The number of benzene rings is 1. The highest BCUT2D eigenvalue weighted by Gasteiger charge is 2.40. The summed E-state index contributed by atoms with van der Waals surface area (Å²) in [6, 6.07) is 2.23. The quantitative estimate of drug-likeness (QED) is 0.284. The van der Waals surface area contributed by atoms with Gasteiger partial charge in [0.05, 0.1) is 35.8 Å². The van der Waals surface area contributed by atoms with Gasteiger partial charge in [0.15, 0.2) is 5.65 Å². The van der Waals surface area contributed by atoms with Gasteiger partial charge in [-0.15, -0.1) is 0 Å². The predicted octanol–water partition coefficient (Wildman–Crippen LogP) is 5.81. The van der Waals surface area contributed by atoms with Crippen molar-refractivity contribution in [3.05, 3.63) is 58.9 Å². The molecule has 0 spiro atoms. The fourth-order valence-corrected chi connectivity index (χ4v) is 4.80. The number of rotatable bonds is 5. The van der Waals surface area contributed by atoms with E-state index < -0.39 is 30.2 Å². The average molecular weight is 564 g/mol. The first-order chi connectivity index (χ1) is 19.0. The van der Waals surface area contributed by atoms with Crippen molar-refractivity contribution in [3.63, 3.8) is 0 Å². The van der Waals surface area contributed by atoms with E-state index in [1.165, 1.54) is 12.4 Å². The molecule has 6 rings (SSSR count). The molecule has 2 fully saturated rings. The summed E-state index contributed by atoms with van der Waals surface area (Å²) in [7, 11) is 0. The number of morpholine rings is 1. The third kappa shape index (κ3) is 4.95. The summed E-state index contributed by atoms with van der Waals surface area (Å²) in [5.41, 5.74) is 0.556. The third-order valence-corrected chi connectivity index (χ3v) is 7.23. The lowest BCUT2D eigenvalue weighted by atomic mass is 10.1. The normalized spacial score (nSPS) is 20.1. The van der Waals surface area contributed by atoms with Crippen LogP contribution in [0.15, 0.2) is 30.6 Å². The minimum atomic E-state index is -4.72. The number of hydrogen-bond acceptors (Lipinski definition) is 7. The molecule has 2 atom stereocenters. The molecule has 210 valence electrons. The molecule has 0 radical (unpaired) electrons. The van der Waals surface area contributed by atoms with Crippen molar-refractivity contribution in [2.75, 3.05) is 18.0 Å². The fraction of sp³-hybridized carbons (Fsp3) is 0.423. The van der Waals surface area contributed by atoms with Gasteiger partial charge in [-0.1, -0.05) is 0 Å². The largest absolute Gasteiger partial charge is 0.416 e. The number of aryl methyl sites for hydroxylation is 2. The summed E-state index contributed by atoms with van der Waals surface area (Å²) < 4.78 is 87.9. The topological polar surface area (TPSA) is 81.9 Å². The van der Waals surface area contributed by atoms with Crippen LogP contribution < -0.4 is 4.90 Å². The van der Waals surface area contributed by atoms with Crippen molar-refractivity contribution < 1.29 is 31.1 Å². The van der Waals surface area contributed by atoms with Gasteiger partial charge in [-0.3, -0.25) is 0 Å². The Balaban J connectivity index is 1.45. The zero-order valence-corrected chi connectivity index (χ0v) is 21.3. The van der Waals surface area contributed by atoms with Crippen LogP contribution in [-0.4, -0.2) is 48.9 Å². The Morgan fingerprint density at radius 1 is 1.00 bits per heavy atom. The van der Waals surface area contributed by atoms with Gasteiger partial charge in [0, 0.05) is 23.9 Å². The van der Waals surface area contributed by atoms with Gasteiger partial charge >= 0.3 is 12.7 Å². The second-order valence-corrected chi connectivity index (χ2v) is 10.1. The van der Waals surface area contributed by atoms with Gasteiger partial charge in [-0.25, -0.2) is 24.0 Å². The molecule has 1 aromatic carbocycles. The smallest absolute Gasteiger partial charge is 0.366 e. The second kappa shape index (κ2) is 9.68. The molecule has 1 aliphatic heterocycles. The van der Waals surface area contributed by atoms with E-state index >= 15 is 4.39 Å². The Bertz CT molecular complexity index is 1590. The van der Waals surface area contributed by atoms with E-state index in [0.717, 1.165) is 25.0 Å². The molecule has 0 amide bonds. The van der Waals surface area contributed by atoms with Crippen LogP contribution in [0.25, 0.3) is 22.4 Å². The Kier molecular flexibility index (Phi) is 6.39. The number of ether oxygens (including phenoxy) is 1. The van der Waals surface area contributed by atoms with Crippen LogP contribution in [-0.2, 0) is 10.9 Å². The fourth-order valence-electron chi connectivity index (χ4n) is 4.80. The van der Waals surface area contributed by atoms with Gasteiger partial charge in [0.2, 0.25) is 5.95 Å². The standard InChI is InChI=1S/C26H23F6N7O/c1-12-13(2)35-23-22(34-12)21(17-6-5-16(7-18(17)27)26(30,31)32)36-25(37-23)38-10-19(14-3-4-14)40-20(11-38)15-8-33-39(9-15)24(28)29/h5-9,14,19-20,24H,3-4,10-11H2,1-2H3/t19-,20+/m1/s1. The molecular weight excluding hydrogens is 540 g/mol. The van der Waals surface area contributed by atoms with Gasteiger partial charge in [0.1, 0.15) is 23.1 Å². The Hall–Kier alpha value is -3.81. The van der Waals surface area contributed by atoms with Crippen LogP contribution in [0, 0.1) is 25.6 Å². The van der Waals surface area contributed by atoms with Crippen LogP contribution in [0.3, 0.4) is 0 Å². The van der Waals surface area contributed by atoms with Gasteiger partial charge in [0.25, 0.3) is 0 Å². The molecule has 0 unspecified atom stereocenters. The third-order valence-electron chi connectivity index (χ3n) is 7.23. The second-order valence-electron chi connectivity index (χ2n) is 10.1. The van der Waals surface area contributed by atoms with E-state index in [-0.39, 0.29) is 46.9 Å². The number of alkyl halides is 5. The van der Waals surface area contributed by atoms with E-state index in [2.05, 4.69) is 25.0 Å². The molecule has 1 saturated heterocycles. The van der Waals surface area contributed by atoms with Gasteiger partial charge < -0.3 is 9.64 Å². The van der Waals surface area contributed by atoms with E-state index in [4.69, 9.17) is 4.74 Å². The van der Waals surface area contributed by atoms with Crippen molar-refractivity contribution in [2.45, 2.75) is 51.6 Å². The number of aromatic nitrogens is 6. The summed E-state index contributed by atoms with van der Waals surface area (Å²) in [6.45, 7) is 1.19. The maximum atomic E-state index is 15.2. The van der Waals surface area contributed by atoms with Gasteiger partial charge in [-0.2, -0.15) is 32.0 Å². The zero-order chi connectivity index (χ0) is 28.3. The molecule has 4 aromatic rings. The van der Waals surface area contributed by atoms with Crippen LogP contribution in [0.4, 0.5) is 32.3 Å². The lowest BCUT2D eigenvalue weighted by molar-refractivity contribution is -0.137. The molecule has 3 aromatic heterocycles. The maximum Gasteiger partial charge on any atom is 0.416 e. The lowest BCUT2D eigenvalue weighted by Crippen LogP contribution is -2.45. The van der Waals surface area contributed by atoms with Crippen LogP contribution in [0.5, 0.6) is 0 Å². The summed E-state index contributed by atoms with van der Waals surface area (Å²) >= 11 is 0. The van der Waals surface area contributed by atoms with Gasteiger partial charge in [-0.05, 0) is 50.8 Å². The molecular formula is C26H23F6N7O. The molecule has 40 heavy (non-hydrogen) atoms. The van der Waals surface area contributed by atoms with Crippen LogP contribution in [0.1, 0.15) is 48.0 Å². The Labute approximate surface area is 224 Å². The number of halogens is 6. The first-order valence-electron chi connectivity index (χ1n) is 12.6. The number of fused-ring (bicyclic) bond motifs is 1. The summed E-state index contributed by atoms with van der Waals surface area (Å²) in [6.07, 6.45) is -1.13. The molecule has 2 aliphatic rings. The number of hydrogen-bond donors (Lipinski definition) is 0. The molecule has 4 heterocycles. The number of nitrogens with zero attached hydrogens (tertiary/aromatic N) is 7. The van der Waals surface area contributed by atoms with E-state index in [1.807, 2.05) is 0 Å². The highest BCUT2D eigenvalue weighted by molar-refractivity contribution is 5.88. The van der Waals surface area contributed by atoms with Crippen molar-refractivity contribution in [3.8, 4) is 11.3 Å². The van der Waals surface area contributed by atoms with Crippen LogP contribution in [0.2, 0.25) is 0 Å². The summed E-state index contributed by atoms with van der Waals surface area (Å²) in [5.74, 6) is -0.692. The highest BCUT2D eigenvalue weighted by Crippen LogP contribution is 2.41. The van der Waals surface area contributed by atoms with Crippen molar-refractivity contribution in [2.24, 2.45) is 5.92 Å². The van der Waals surface area contributed by atoms with E-state index in [1.54, 1.807) is 18.7 Å². The molecule has 0 N–H and O–H groups in total. The average Bonchev–Trinajstić information content (AvgIpc) is 3.63. The maximum absolute atomic E-state index is 15.2. The van der Waals surface area contributed by atoms with E-state index in [9.17, 15) is 22.0 Å². The minimum absolute atomic E-state index is 0.00152. The summed E-state index contributed by atoms with van der Waals surface area (Å²) in [4.78, 5) is 20.0. The Morgan fingerprint density at radius 2 is 1.75 bits per heavy atom. The Morgan fingerprint density at radius 3 is 2.40 bits per heavy atom. The first kappa shape index (κ1) is 26.4. The first-order valence-corrected chi connectivity index (χ1v) is 12.6. The molecule has 14 heteroatoms. The number of anilines is 1. The summed E-state index contributed by atoms with van der Waals surface area (Å²) in [5, 5.41) is 3.72. The predicted molar refractivity (Wildman–Crippen MR) is 131 cm³/mol. The monoisotopic (exact) mass is 563 g/mol. The van der Waals surface area contributed by atoms with Crippen molar-refractivity contribution in [1.29, 1.82) is 0 Å². The van der Waals surface area contributed by atoms with Crippen LogP contribution >= 0.6 is 0 Å². The lowest BCUT2D eigenvalue weighted by Gasteiger charge is -2.38. The minimum Gasteiger partial charge on any atom is -0.366 e. The molecule has 1 saturated carbocycles.